The highest BCUT2D eigenvalue weighted by atomic mass is 16.8. The first-order valence-corrected chi connectivity index (χ1v) is 19.8. The van der Waals surface area contributed by atoms with Crippen molar-refractivity contribution in [1.82, 2.24) is 0 Å². The summed E-state index contributed by atoms with van der Waals surface area (Å²) >= 11 is 0. The van der Waals surface area contributed by atoms with Crippen molar-refractivity contribution in [1.29, 1.82) is 0 Å². The molecule has 2 saturated heterocycles. The number of esters is 3. The van der Waals surface area contributed by atoms with Crippen LogP contribution in [0, 0.1) is 0 Å². The molecule has 2 heterocycles. The number of nitrogens with zero attached hydrogens (tertiary/aromatic N) is 3. The Labute approximate surface area is 358 Å². The molecule has 17 nitrogen and oxygen atoms in total. The van der Waals surface area contributed by atoms with E-state index in [0.717, 1.165) is 16.7 Å². The molecule has 4 aromatic rings. The zero-order chi connectivity index (χ0) is 43.8. The molecule has 0 amide bonds. The van der Waals surface area contributed by atoms with E-state index in [9.17, 15) is 19.9 Å². The minimum atomic E-state index is -1.58. The van der Waals surface area contributed by atoms with Crippen molar-refractivity contribution >= 4 is 17.9 Å². The van der Waals surface area contributed by atoms with Gasteiger partial charge in [-0.2, -0.15) is 0 Å². The standard InChI is InChI=1S/C45H49N3O14/c1-28(49)55-27-34-36(56-26-31-20-22-33(52-2)23-21-31)37(57-24-29-14-8-5-9-15-29)35(47-48-46)44(59-34)61-39-38(58-25-30-16-10-6-11-17-30)41(45(54-4)62-40(39)43(51)53-3)60-42(50)32-18-12-7-13-19-32/h5-23,34-41,44-45H,24-27H2,1-4H3/t34-,35-,36-,37-,38+,39+,40-,41-,44-,45-/m1/s1. The first-order chi connectivity index (χ1) is 30.2. The fourth-order valence-corrected chi connectivity index (χ4v) is 7.05. The van der Waals surface area contributed by atoms with Crippen molar-refractivity contribution in [2.75, 3.05) is 27.9 Å². The van der Waals surface area contributed by atoms with Gasteiger partial charge in [-0.1, -0.05) is 96.1 Å². The predicted molar refractivity (Wildman–Crippen MR) is 218 cm³/mol. The molecule has 2 aliphatic rings. The van der Waals surface area contributed by atoms with Crippen molar-refractivity contribution in [3.8, 4) is 5.75 Å². The van der Waals surface area contributed by atoms with E-state index in [2.05, 4.69) is 10.0 Å². The minimum Gasteiger partial charge on any atom is -0.497 e. The molecule has 0 saturated carbocycles. The summed E-state index contributed by atoms with van der Waals surface area (Å²) in [6.45, 7) is 0.937. The summed E-state index contributed by atoms with van der Waals surface area (Å²) in [5, 5.41) is 4.12. The predicted octanol–water partition coefficient (Wildman–Crippen LogP) is 5.87. The Morgan fingerprint density at radius 2 is 1.23 bits per heavy atom. The monoisotopic (exact) mass is 855 g/mol. The number of benzene rings is 4. The third-order valence-electron chi connectivity index (χ3n) is 10.1. The van der Waals surface area contributed by atoms with Crippen LogP contribution in [0.5, 0.6) is 5.75 Å². The van der Waals surface area contributed by atoms with Gasteiger partial charge in [-0.05, 0) is 46.5 Å². The Bertz CT molecular complexity index is 2070. The second kappa shape index (κ2) is 22.8. The third kappa shape index (κ3) is 11.9. The highest BCUT2D eigenvalue weighted by Gasteiger charge is 2.56. The Hall–Kier alpha value is -5.88. The average Bonchev–Trinajstić information content (AvgIpc) is 3.31. The van der Waals surface area contributed by atoms with E-state index >= 15 is 0 Å². The van der Waals surface area contributed by atoms with Gasteiger partial charge >= 0.3 is 17.9 Å². The lowest BCUT2D eigenvalue weighted by Crippen LogP contribution is -2.66. The molecule has 0 N–H and O–H groups in total. The number of carbonyl (C=O) groups is 3. The van der Waals surface area contributed by atoms with E-state index < -0.39 is 79.3 Å². The van der Waals surface area contributed by atoms with Crippen LogP contribution < -0.4 is 4.74 Å². The molecule has 10 atom stereocenters. The number of rotatable bonds is 19. The van der Waals surface area contributed by atoms with E-state index in [1.54, 1.807) is 49.6 Å². The molecule has 17 heteroatoms. The molecule has 2 fully saturated rings. The molecule has 0 aromatic heterocycles. The van der Waals surface area contributed by atoms with Crippen LogP contribution in [0.25, 0.3) is 10.4 Å². The molecule has 0 unspecified atom stereocenters. The van der Waals surface area contributed by atoms with Gasteiger partial charge in [-0.15, -0.1) is 0 Å². The molecular weight excluding hydrogens is 807 g/mol. The largest absolute Gasteiger partial charge is 0.497 e. The molecule has 62 heavy (non-hydrogen) atoms. The lowest BCUT2D eigenvalue weighted by atomic mass is 9.95. The summed E-state index contributed by atoms with van der Waals surface area (Å²) in [6, 6.07) is 32.5. The van der Waals surface area contributed by atoms with Crippen LogP contribution in [-0.2, 0) is 76.8 Å². The van der Waals surface area contributed by atoms with Crippen LogP contribution in [-0.4, -0.2) is 107 Å². The van der Waals surface area contributed by atoms with Crippen molar-refractivity contribution in [2.24, 2.45) is 5.11 Å². The normalized spacial score (nSPS) is 25.7. The molecule has 2 aliphatic heterocycles. The van der Waals surface area contributed by atoms with E-state index in [-0.39, 0.29) is 32.0 Å². The number of ether oxygens (including phenoxy) is 11. The van der Waals surface area contributed by atoms with Gasteiger partial charge in [0.05, 0.1) is 39.6 Å². The van der Waals surface area contributed by atoms with Crippen LogP contribution in [0.2, 0.25) is 0 Å². The molecule has 4 aromatic carbocycles. The lowest BCUT2D eigenvalue weighted by molar-refractivity contribution is -0.346. The first-order valence-electron chi connectivity index (χ1n) is 19.8. The van der Waals surface area contributed by atoms with Crippen molar-refractivity contribution in [3.63, 3.8) is 0 Å². The molecule has 0 radical (unpaired) electrons. The molecule has 0 spiro atoms. The van der Waals surface area contributed by atoms with Crippen LogP contribution in [0.15, 0.2) is 120 Å². The van der Waals surface area contributed by atoms with Crippen molar-refractivity contribution in [2.45, 2.75) is 88.1 Å². The topological polar surface area (TPSA) is 201 Å². The van der Waals surface area contributed by atoms with Crippen molar-refractivity contribution < 1.29 is 66.5 Å². The van der Waals surface area contributed by atoms with Gasteiger partial charge in [0.2, 0.25) is 0 Å². The summed E-state index contributed by atoms with van der Waals surface area (Å²) in [4.78, 5) is 42.7. The maximum atomic E-state index is 13.7. The second-order valence-corrected chi connectivity index (χ2v) is 14.2. The Kier molecular flexibility index (Phi) is 16.8. The summed E-state index contributed by atoms with van der Waals surface area (Å²) in [7, 11) is 4.05. The fourth-order valence-electron chi connectivity index (χ4n) is 7.05. The maximum absolute atomic E-state index is 13.7. The second-order valence-electron chi connectivity index (χ2n) is 14.2. The van der Waals surface area contributed by atoms with Gasteiger partial charge in [-0.3, -0.25) is 4.79 Å². The summed E-state index contributed by atoms with van der Waals surface area (Å²) in [6.07, 6.45) is -11.9. The van der Waals surface area contributed by atoms with Crippen LogP contribution in [0.3, 0.4) is 0 Å². The lowest BCUT2D eigenvalue weighted by Gasteiger charge is -2.48. The number of carbonyl (C=O) groups excluding carboxylic acids is 3. The summed E-state index contributed by atoms with van der Waals surface area (Å²) in [5.41, 5.74) is 12.6. The van der Waals surface area contributed by atoms with Crippen molar-refractivity contribution in [3.05, 3.63) is 148 Å². The molecule has 0 aliphatic carbocycles. The van der Waals surface area contributed by atoms with Gasteiger partial charge < -0.3 is 52.1 Å². The maximum Gasteiger partial charge on any atom is 0.338 e. The van der Waals surface area contributed by atoms with Gasteiger partial charge in [0.1, 0.15) is 48.9 Å². The quantitative estimate of drug-likeness (QED) is 0.0356. The van der Waals surface area contributed by atoms with E-state index in [4.69, 9.17) is 52.1 Å². The van der Waals surface area contributed by atoms with Gasteiger partial charge in [0.15, 0.2) is 24.8 Å². The molecule has 328 valence electrons. The smallest absolute Gasteiger partial charge is 0.338 e. The van der Waals surface area contributed by atoms with E-state index in [0.29, 0.717) is 5.75 Å². The van der Waals surface area contributed by atoms with Crippen LogP contribution >= 0.6 is 0 Å². The molecule has 6 rings (SSSR count). The summed E-state index contributed by atoms with van der Waals surface area (Å²) in [5.74, 6) is -1.58. The van der Waals surface area contributed by atoms with Crippen LogP contribution in [0.1, 0.15) is 34.0 Å². The number of azide groups is 1. The SMILES string of the molecule is COC(=O)[C@@H]1O[C@@H](OC)[C@H](OC(=O)c2ccccc2)[C@@H](OCc2ccccc2)[C@@H]1O[C@H]1O[C@H](COC(C)=O)[C@@H](OCc2ccc(OC)cc2)[C@H](OCc2ccccc2)[C@H]1N=[N+]=[N-]. The molecule has 0 bridgehead atoms. The zero-order valence-corrected chi connectivity index (χ0v) is 34.6. The number of hydrogen-bond donors (Lipinski definition) is 0. The third-order valence-corrected chi connectivity index (χ3v) is 10.1. The van der Waals surface area contributed by atoms with E-state index in [1.165, 1.54) is 21.1 Å². The Balaban J connectivity index is 1.40. The fraction of sp³-hybridized carbons (Fsp3) is 0.400. The Morgan fingerprint density at radius 1 is 0.661 bits per heavy atom. The summed E-state index contributed by atoms with van der Waals surface area (Å²) < 4.78 is 66.7. The zero-order valence-electron chi connectivity index (χ0n) is 34.6. The molecular formula is C45H49N3O14. The van der Waals surface area contributed by atoms with Crippen LogP contribution in [0.4, 0.5) is 0 Å². The highest BCUT2D eigenvalue weighted by Crippen LogP contribution is 2.36. The number of methoxy groups -OCH3 is 3. The van der Waals surface area contributed by atoms with Gasteiger partial charge in [-0.25, -0.2) is 9.59 Å². The Morgan fingerprint density at radius 3 is 1.77 bits per heavy atom. The average molecular weight is 856 g/mol. The van der Waals surface area contributed by atoms with Gasteiger partial charge in [0.25, 0.3) is 0 Å². The minimum absolute atomic E-state index is 0.0333. The first kappa shape index (κ1) is 45.6. The van der Waals surface area contributed by atoms with Gasteiger partial charge in [0, 0.05) is 18.9 Å². The van der Waals surface area contributed by atoms with E-state index in [1.807, 2.05) is 72.8 Å². The highest BCUT2D eigenvalue weighted by molar-refractivity contribution is 5.89. The number of hydrogen-bond acceptors (Lipinski definition) is 15.